The summed E-state index contributed by atoms with van der Waals surface area (Å²) in [6.07, 6.45) is -0.577. The molecule has 22 heavy (non-hydrogen) atoms. The smallest absolute Gasteiger partial charge is 0.272 e. The van der Waals surface area contributed by atoms with Crippen LogP contribution in [0.3, 0.4) is 0 Å². The average Bonchev–Trinajstić information content (AvgIpc) is 2.90. The lowest BCUT2D eigenvalue weighted by Gasteiger charge is -2.08. The number of aliphatic hydroxyl groups excluding tert-OH is 1. The van der Waals surface area contributed by atoms with Gasteiger partial charge in [0.05, 0.1) is 6.10 Å². The summed E-state index contributed by atoms with van der Waals surface area (Å²) in [5, 5.41) is 13.9. The first-order chi connectivity index (χ1) is 10.5. The van der Waals surface area contributed by atoms with E-state index in [4.69, 9.17) is 11.6 Å². The van der Waals surface area contributed by atoms with Crippen molar-refractivity contribution in [2.24, 2.45) is 0 Å². The summed E-state index contributed by atoms with van der Waals surface area (Å²) < 4.78 is 0. The number of carbonyl (C=O) groups excluding carboxylic acids is 1. The van der Waals surface area contributed by atoms with Crippen molar-refractivity contribution in [3.8, 4) is 0 Å². The number of fused-ring (bicyclic) bond motifs is 1. The van der Waals surface area contributed by atoms with E-state index in [-0.39, 0.29) is 5.91 Å². The lowest BCUT2D eigenvalue weighted by atomic mass is 10.1. The molecule has 112 valence electrons. The van der Waals surface area contributed by atoms with Crippen LogP contribution < -0.4 is 5.32 Å². The highest BCUT2D eigenvalue weighted by atomic mass is 35.5. The predicted octanol–water partition coefficient (Wildman–Crippen LogP) is 4.13. The third-order valence-electron chi connectivity index (χ3n) is 3.45. The Morgan fingerprint density at radius 2 is 2.05 bits per heavy atom. The summed E-state index contributed by atoms with van der Waals surface area (Å²) in [5.41, 5.74) is 2.70. The normalized spacial score (nSPS) is 12.3. The number of aliphatic hydroxyl groups is 1. The molecule has 0 saturated carbocycles. The van der Waals surface area contributed by atoms with Crippen molar-refractivity contribution < 1.29 is 9.90 Å². The van der Waals surface area contributed by atoms with Gasteiger partial charge in [-0.2, -0.15) is 0 Å². The first-order valence-electron chi connectivity index (χ1n) is 6.90. The van der Waals surface area contributed by atoms with E-state index >= 15 is 0 Å². The third-order valence-corrected chi connectivity index (χ3v) is 3.69. The highest BCUT2D eigenvalue weighted by Crippen LogP contribution is 2.21. The molecule has 0 aliphatic carbocycles. The fourth-order valence-corrected chi connectivity index (χ4v) is 2.48. The summed E-state index contributed by atoms with van der Waals surface area (Å²) in [6, 6.07) is 14.3. The number of rotatable bonds is 3. The molecule has 0 fully saturated rings. The highest BCUT2D eigenvalue weighted by molar-refractivity contribution is 6.31. The van der Waals surface area contributed by atoms with E-state index < -0.39 is 6.10 Å². The molecule has 1 amide bonds. The van der Waals surface area contributed by atoms with Crippen LogP contribution in [0.5, 0.6) is 0 Å². The zero-order valence-corrected chi connectivity index (χ0v) is 12.7. The molecule has 0 saturated heterocycles. The Morgan fingerprint density at radius 1 is 1.23 bits per heavy atom. The molecule has 1 atom stereocenters. The topological polar surface area (TPSA) is 65.1 Å². The van der Waals surface area contributed by atoms with Crippen molar-refractivity contribution >= 4 is 34.1 Å². The van der Waals surface area contributed by atoms with Crippen molar-refractivity contribution in [1.82, 2.24) is 4.98 Å². The van der Waals surface area contributed by atoms with Crippen LogP contribution in [0.25, 0.3) is 10.9 Å². The van der Waals surface area contributed by atoms with E-state index in [9.17, 15) is 9.90 Å². The summed E-state index contributed by atoms with van der Waals surface area (Å²) in [7, 11) is 0. The molecule has 0 aliphatic heterocycles. The van der Waals surface area contributed by atoms with Gasteiger partial charge in [-0.25, -0.2) is 0 Å². The van der Waals surface area contributed by atoms with Crippen LogP contribution in [-0.2, 0) is 0 Å². The van der Waals surface area contributed by atoms with E-state index in [1.165, 1.54) is 0 Å². The van der Waals surface area contributed by atoms with Gasteiger partial charge in [-0.3, -0.25) is 4.79 Å². The van der Waals surface area contributed by atoms with Crippen LogP contribution in [0.2, 0.25) is 5.02 Å². The number of nitrogens with one attached hydrogen (secondary N) is 2. The minimum Gasteiger partial charge on any atom is -0.389 e. The zero-order chi connectivity index (χ0) is 15.7. The maximum atomic E-state index is 12.3. The number of carbonyl (C=O) groups is 1. The zero-order valence-electron chi connectivity index (χ0n) is 11.9. The van der Waals surface area contributed by atoms with Crippen molar-refractivity contribution in [1.29, 1.82) is 0 Å². The first kappa shape index (κ1) is 14.6. The average molecular weight is 315 g/mol. The molecular formula is C17H15ClN2O2. The van der Waals surface area contributed by atoms with Gasteiger partial charge in [-0.1, -0.05) is 23.7 Å². The van der Waals surface area contributed by atoms with Crippen molar-refractivity contribution in [3.05, 3.63) is 64.8 Å². The summed E-state index contributed by atoms with van der Waals surface area (Å²) in [6.45, 7) is 1.68. The molecule has 0 spiro atoms. The quantitative estimate of drug-likeness (QED) is 0.680. The standard InChI is InChI=1S/C17H15ClN2O2/c1-10(21)11-3-2-4-14(8-11)19-17(22)16-9-12-7-13(18)5-6-15(12)20-16/h2-10,20-21H,1H3,(H,19,22). The summed E-state index contributed by atoms with van der Waals surface area (Å²) >= 11 is 5.95. The maximum absolute atomic E-state index is 12.3. The van der Waals surface area contributed by atoms with Crippen molar-refractivity contribution in [2.75, 3.05) is 5.32 Å². The lowest BCUT2D eigenvalue weighted by molar-refractivity contribution is 0.102. The van der Waals surface area contributed by atoms with Crippen LogP contribution in [0.1, 0.15) is 29.1 Å². The van der Waals surface area contributed by atoms with Gasteiger partial charge in [0, 0.05) is 21.6 Å². The van der Waals surface area contributed by atoms with Gasteiger partial charge in [-0.15, -0.1) is 0 Å². The van der Waals surface area contributed by atoms with Gasteiger partial charge in [0.15, 0.2) is 0 Å². The number of benzene rings is 2. The van der Waals surface area contributed by atoms with Gasteiger partial charge in [0.25, 0.3) is 5.91 Å². The van der Waals surface area contributed by atoms with Crippen molar-refractivity contribution in [3.63, 3.8) is 0 Å². The van der Waals surface area contributed by atoms with Crippen LogP contribution in [-0.4, -0.2) is 16.0 Å². The fourth-order valence-electron chi connectivity index (χ4n) is 2.30. The summed E-state index contributed by atoms with van der Waals surface area (Å²) in [4.78, 5) is 15.4. The molecule has 3 rings (SSSR count). The molecule has 0 bridgehead atoms. The molecule has 0 aliphatic rings. The largest absolute Gasteiger partial charge is 0.389 e. The monoisotopic (exact) mass is 314 g/mol. The van der Waals surface area contributed by atoms with E-state index in [0.29, 0.717) is 16.4 Å². The number of anilines is 1. The number of aromatic nitrogens is 1. The second kappa shape index (κ2) is 5.83. The number of amides is 1. The van der Waals surface area contributed by atoms with Gasteiger partial charge in [0.1, 0.15) is 5.69 Å². The molecule has 3 N–H and O–H groups in total. The third kappa shape index (κ3) is 2.98. The van der Waals surface area contributed by atoms with E-state index in [2.05, 4.69) is 10.3 Å². The van der Waals surface area contributed by atoms with E-state index in [1.54, 1.807) is 43.3 Å². The second-order valence-electron chi connectivity index (χ2n) is 5.17. The Hall–Kier alpha value is -2.30. The molecule has 1 unspecified atom stereocenters. The minimum absolute atomic E-state index is 0.241. The molecule has 3 aromatic rings. The first-order valence-corrected chi connectivity index (χ1v) is 7.28. The SMILES string of the molecule is CC(O)c1cccc(NC(=O)c2cc3cc(Cl)ccc3[nH]2)c1. The number of hydrogen-bond acceptors (Lipinski definition) is 2. The van der Waals surface area contributed by atoms with Crippen LogP contribution in [0, 0.1) is 0 Å². The maximum Gasteiger partial charge on any atom is 0.272 e. The Bertz CT molecular complexity index is 840. The number of H-pyrrole nitrogens is 1. The fraction of sp³-hybridized carbons (Fsp3) is 0.118. The second-order valence-corrected chi connectivity index (χ2v) is 5.61. The van der Waals surface area contributed by atoms with Crippen LogP contribution in [0.4, 0.5) is 5.69 Å². The predicted molar refractivity (Wildman–Crippen MR) is 88.3 cm³/mol. The van der Waals surface area contributed by atoms with Gasteiger partial charge in [-0.05, 0) is 48.9 Å². The number of hydrogen-bond donors (Lipinski definition) is 3. The van der Waals surface area contributed by atoms with E-state index in [0.717, 1.165) is 16.5 Å². The van der Waals surface area contributed by atoms with E-state index in [1.807, 2.05) is 12.1 Å². The van der Waals surface area contributed by atoms with Gasteiger partial charge in [0.2, 0.25) is 0 Å². The molecule has 4 nitrogen and oxygen atoms in total. The molecule has 1 aromatic heterocycles. The summed E-state index contributed by atoms with van der Waals surface area (Å²) in [5.74, 6) is -0.241. The molecular weight excluding hydrogens is 300 g/mol. The van der Waals surface area contributed by atoms with Gasteiger partial charge >= 0.3 is 0 Å². The molecule has 1 heterocycles. The lowest BCUT2D eigenvalue weighted by Crippen LogP contribution is -2.12. The number of aromatic amines is 1. The molecule has 0 radical (unpaired) electrons. The molecule has 5 heteroatoms. The highest BCUT2D eigenvalue weighted by Gasteiger charge is 2.11. The number of halogens is 1. The minimum atomic E-state index is -0.577. The Kier molecular flexibility index (Phi) is 3.88. The van der Waals surface area contributed by atoms with Crippen molar-refractivity contribution in [2.45, 2.75) is 13.0 Å². The molecule has 2 aromatic carbocycles. The Labute approximate surface area is 132 Å². The Morgan fingerprint density at radius 3 is 2.82 bits per heavy atom. The van der Waals surface area contributed by atoms with Gasteiger partial charge < -0.3 is 15.4 Å². The van der Waals surface area contributed by atoms with Crippen LogP contribution in [0.15, 0.2) is 48.5 Å². The van der Waals surface area contributed by atoms with Crippen LogP contribution >= 0.6 is 11.6 Å². The Balaban J connectivity index is 1.85.